The number of primary amides is 1. The maximum absolute atomic E-state index is 12.7. The lowest BCUT2D eigenvalue weighted by atomic mass is 9.86. The molecule has 0 aliphatic rings. The van der Waals surface area contributed by atoms with E-state index >= 15 is 0 Å². The average molecular weight is 448 g/mol. The fraction of sp³-hybridized carbons (Fsp3) is 0.348. The van der Waals surface area contributed by atoms with Crippen molar-refractivity contribution in [2.24, 2.45) is 5.73 Å². The molecule has 0 fully saturated rings. The Morgan fingerprint density at radius 3 is 2.19 bits per heavy atom. The van der Waals surface area contributed by atoms with E-state index in [2.05, 4.69) is 20.8 Å². The van der Waals surface area contributed by atoms with E-state index in [9.17, 15) is 14.4 Å². The second-order valence-electron chi connectivity index (χ2n) is 7.98. The second-order valence-corrected chi connectivity index (χ2v) is 8.39. The first-order chi connectivity index (χ1) is 14.4. The van der Waals surface area contributed by atoms with Crippen molar-refractivity contribution in [1.29, 1.82) is 0 Å². The molecule has 7 nitrogen and oxygen atoms in total. The Kier molecular flexibility index (Phi) is 7.68. The first-order valence-corrected chi connectivity index (χ1v) is 9.96. The lowest BCUT2D eigenvalue weighted by molar-refractivity contribution is -0.119. The van der Waals surface area contributed by atoms with Gasteiger partial charge in [0.25, 0.3) is 5.91 Å². The van der Waals surface area contributed by atoms with Crippen molar-refractivity contribution in [3.63, 3.8) is 0 Å². The van der Waals surface area contributed by atoms with Gasteiger partial charge in [-0.2, -0.15) is 0 Å². The van der Waals surface area contributed by atoms with Crippen LogP contribution < -0.4 is 15.2 Å². The van der Waals surface area contributed by atoms with Crippen LogP contribution in [0.1, 0.15) is 54.0 Å². The maximum Gasteiger partial charge on any atom is 0.339 e. The molecule has 2 aromatic carbocycles. The molecule has 0 bridgehead atoms. The molecular formula is C23H26ClNO6. The molecule has 0 aliphatic heterocycles. The summed E-state index contributed by atoms with van der Waals surface area (Å²) in [7, 11) is 1.35. The third-order valence-corrected chi connectivity index (χ3v) is 4.79. The molecule has 1 amide bonds. The Bertz CT molecular complexity index is 979. The number of ether oxygens (including phenoxy) is 3. The van der Waals surface area contributed by atoms with Gasteiger partial charge in [-0.05, 0) is 30.0 Å². The van der Waals surface area contributed by atoms with E-state index in [4.69, 9.17) is 31.5 Å². The van der Waals surface area contributed by atoms with E-state index in [1.54, 1.807) is 12.1 Å². The molecule has 0 saturated carbocycles. The summed E-state index contributed by atoms with van der Waals surface area (Å²) in [4.78, 5) is 36.2. The van der Waals surface area contributed by atoms with Crippen LogP contribution in [0.5, 0.6) is 11.5 Å². The zero-order valence-electron chi connectivity index (χ0n) is 18.2. The molecule has 8 heteroatoms. The summed E-state index contributed by atoms with van der Waals surface area (Å²) in [5, 5.41) is 0.0318. The fourth-order valence-corrected chi connectivity index (χ4v) is 3.04. The SMILES string of the molecule is COc1cc(C(=O)OC(C)C(=O)c2ccc(C(C)(C)C)cc2)cc(Cl)c1OCC(N)=O. The molecule has 1 unspecified atom stereocenters. The zero-order valence-corrected chi connectivity index (χ0v) is 18.9. The van der Waals surface area contributed by atoms with Gasteiger partial charge in [-0.3, -0.25) is 9.59 Å². The van der Waals surface area contributed by atoms with Crippen molar-refractivity contribution in [3.05, 3.63) is 58.1 Å². The van der Waals surface area contributed by atoms with Gasteiger partial charge in [-0.1, -0.05) is 56.6 Å². The molecule has 0 aliphatic carbocycles. The van der Waals surface area contributed by atoms with Crippen LogP contribution in [0, 0.1) is 0 Å². The van der Waals surface area contributed by atoms with Crippen molar-refractivity contribution >= 4 is 29.3 Å². The lowest BCUT2D eigenvalue weighted by Gasteiger charge is -2.19. The third kappa shape index (κ3) is 6.21. The molecular weight excluding hydrogens is 422 g/mol. The van der Waals surface area contributed by atoms with E-state index < -0.39 is 24.6 Å². The quantitative estimate of drug-likeness (QED) is 0.485. The molecule has 2 rings (SSSR count). The largest absolute Gasteiger partial charge is 0.493 e. The van der Waals surface area contributed by atoms with Gasteiger partial charge < -0.3 is 19.9 Å². The number of hydrogen-bond donors (Lipinski definition) is 1. The van der Waals surface area contributed by atoms with Gasteiger partial charge >= 0.3 is 5.97 Å². The average Bonchev–Trinajstić information content (AvgIpc) is 2.70. The minimum absolute atomic E-state index is 0.0318. The highest BCUT2D eigenvalue weighted by atomic mass is 35.5. The van der Waals surface area contributed by atoms with E-state index in [1.807, 2.05) is 12.1 Å². The summed E-state index contributed by atoms with van der Waals surface area (Å²) in [6, 6.07) is 9.86. The molecule has 0 aromatic heterocycles. The van der Waals surface area contributed by atoms with Crippen LogP contribution in [0.4, 0.5) is 0 Å². The third-order valence-electron chi connectivity index (χ3n) is 4.51. The number of esters is 1. The number of benzene rings is 2. The summed E-state index contributed by atoms with van der Waals surface area (Å²) in [5.74, 6) is -1.58. The van der Waals surface area contributed by atoms with Crippen LogP contribution in [0.25, 0.3) is 0 Å². The second kappa shape index (κ2) is 9.83. The summed E-state index contributed by atoms with van der Waals surface area (Å²) in [6.07, 6.45) is -1.01. The zero-order chi connectivity index (χ0) is 23.3. The number of methoxy groups -OCH3 is 1. The van der Waals surface area contributed by atoms with Crippen LogP contribution >= 0.6 is 11.6 Å². The number of carbonyl (C=O) groups is 3. The highest BCUT2D eigenvalue weighted by Gasteiger charge is 2.23. The Hall–Kier alpha value is -3.06. The maximum atomic E-state index is 12.7. The number of amides is 1. The number of rotatable bonds is 8. The van der Waals surface area contributed by atoms with Crippen molar-refractivity contribution in [2.45, 2.75) is 39.2 Å². The minimum atomic E-state index is -1.01. The van der Waals surface area contributed by atoms with Crippen LogP contribution in [-0.2, 0) is 14.9 Å². The van der Waals surface area contributed by atoms with Gasteiger partial charge in [0.15, 0.2) is 24.2 Å². The topological polar surface area (TPSA) is 105 Å². The number of halogens is 1. The first kappa shape index (κ1) is 24.2. The molecule has 0 heterocycles. The molecule has 2 aromatic rings. The number of hydrogen-bond acceptors (Lipinski definition) is 6. The van der Waals surface area contributed by atoms with Crippen molar-refractivity contribution in [2.75, 3.05) is 13.7 Å². The van der Waals surface area contributed by atoms with Crippen LogP contribution in [0.15, 0.2) is 36.4 Å². The Labute approximate surface area is 186 Å². The van der Waals surface area contributed by atoms with Gasteiger partial charge in [0.2, 0.25) is 5.78 Å². The van der Waals surface area contributed by atoms with E-state index in [1.165, 1.54) is 26.2 Å². The Morgan fingerprint density at radius 1 is 1.06 bits per heavy atom. The first-order valence-electron chi connectivity index (χ1n) is 9.58. The summed E-state index contributed by atoms with van der Waals surface area (Å²) < 4.78 is 15.7. The van der Waals surface area contributed by atoms with E-state index in [0.717, 1.165) is 5.56 Å². The van der Waals surface area contributed by atoms with Gasteiger partial charge in [0.05, 0.1) is 17.7 Å². The highest BCUT2D eigenvalue weighted by Crippen LogP contribution is 2.36. The van der Waals surface area contributed by atoms with Crippen LogP contribution in [0.3, 0.4) is 0 Å². The van der Waals surface area contributed by atoms with Crippen LogP contribution in [-0.4, -0.2) is 37.5 Å². The minimum Gasteiger partial charge on any atom is -0.493 e. The van der Waals surface area contributed by atoms with Gasteiger partial charge in [0.1, 0.15) is 0 Å². The van der Waals surface area contributed by atoms with Crippen molar-refractivity contribution < 1.29 is 28.6 Å². The summed E-state index contributed by atoms with van der Waals surface area (Å²) in [5.41, 5.74) is 6.63. The molecule has 2 N–H and O–H groups in total. The Morgan fingerprint density at radius 2 is 1.68 bits per heavy atom. The number of Topliss-reactive ketones (excluding diaryl/α,β-unsaturated/α-hetero) is 1. The molecule has 0 spiro atoms. The smallest absolute Gasteiger partial charge is 0.339 e. The number of carbonyl (C=O) groups excluding carboxylic acids is 3. The predicted molar refractivity (Wildman–Crippen MR) is 117 cm³/mol. The van der Waals surface area contributed by atoms with E-state index in [0.29, 0.717) is 5.56 Å². The van der Waals surface area contributed by atoms with Crippen molar-refractivity contribution in [1.82, 2.24) is 0 Å². The summed E-state index contributed by atoms with van der Waals surface area (Å²) in [6.45, 7) is 7.34. The van der Waals surface area contributed by atoms with Crippen molar-refractivity contribution in [3.8, 4) is 11.5 Å². The normalized spacial score (nSPS) is 12.1. The fourth-order valence-electron chi connectivity index (χ4n) is 2.77. The number of nitrogens with two attached hydrogens (primary N) is 1. The molecule has 31 heavy (non-hydrogen) atoms. The van der Waals surface area contributed by atoms with Gasteiger partial charge in [-0.25, -0.2) is 4.79 Å². The number of ketones is 1. The summed E-state index contributed by atoms with van der Waals surface area (Å²) >= 11 is 6.16. The molecule has 0 radical (unpaired) electrons. The van der Waals surface area contributed by atoms with E-state index in [-0.39, 0.29) is 33.3 Å². The molecule has 0 saturated heterocycles. The molecule has 166 valence electrons. The highest BCUT2D eigenvalue weighted by molar-refractivity contribution is 6.32. The van der Waals surface area contributed by atoms with Gasteiger partial charge in [-0.15, -0.1) is 0 Å². The molecule has 1 atom stereocenters. The monoisotopic (exact) mass is 447 g/mol. The Balaban J connectivity index is 2.15. The lowest BCUT2D eigenvalue weighted by Crippen LogP contribution is -2.25. The van der Waals surface area contributed by atoms with Crippen LogP contribution in [0.2, 0.25) is 5.02 Å². The predicted octanol–water partition coefficient (Wildman–Crippen LogP) is 3.94. The van der Waals surface area contributed by atoms with Gasteiger partial charge in [0, 0.05) is 5.56 Å². The standard InChI is InChI=1S/C23H26ClNO6/c1-13(20(27)14-6-8-16(9-7-14)23(2,3)4)31-22(28)15-10-17(24)21(18(11-15)29-5)30-12-19(25)26/h6-11,13H,12H2,1-5H3,(H2,25,26).